The second-order valence-corrected chi connectivity index (χ2v) is 20.7. The van der Waals surface area contributed by atoms with E-state index in [1.54, 1.807) is 0 Å². The number of ether oxygens (including phenoxy) is 2. The van der Waals surface area contributed by atoms with E-state index in [-0.39, 0.29) is 25.8 Å². The predicted octanol–water partition coefficient (Wildman–Crippen LogP) is 15.7. The molecular weight excluding hydrogens is 794 g/mol. The third-order valence-electron chi connectivity index (χ3n) is 11.8. The molecule has 0 bridgehead atoms. The Bertz CT molecular complexity index is 1050. The molecule has 9 heteroatoms. The van der Waals surface area contributed by atoms with Gasteiger partial charge in [-0.05, 0) is 44.9 Å². The molecule has 0 spiro atoms. The fourth-order valence-corrected chi connectivity index (χ4v) is 8.37. The maximum Gasteiger partial charge on any atom is 0.306 e. The van der Waals surface area contributed by atoms with Crippen molar-refractivity contribution in [1.29, 1.82) is 0 Å². The van der Waals surface area contributed by atoms with Crippen LogP contribution in [-0.2, 0) is 27.9 Å². The molecular formula is C53H104NO7P. The lowest BCUT2D eigenvalue weighted by molar-refractivity contribution is -0.870. The molecule has 0 N–H and O–H groups in total. The van der Waals surface area contributed by atoms with E-state index in [0.717, 1.165) is 38.5 Å². The molecule has 368 valence electrons. The van der Waals surface area contributed by atoms with Crippen LogP contribution in [0.1, 0.15) is 251 Å². The molecule has 0 saturated heterocycles. The van der Waals surface area contributed by atoms with Crippen molar-refractivity contribution < 1.29 is 37.3 Å². The third kappa shape index (κ3) is 50.0. The number of nitrogens with zero attached hydrogens (tertiary/aromatic N) is 1. The van der Waals surface area contributed by atoms with Gasteiger partial charge in [-0.3, -0.25) is 9.36 Å². The topological polar surface area (TPSA) is 94.1 Å². The van der Waals surface area contributed by atoms with Gasteiger partial charge in [-0.15, -0.1) is 0 Å². The number of carbonyl (C=O) groups is 1. The first-order chi connectivity index (χ1) is 30.1. The number of carbonyl (C=O) groups excluding carboxylic acids is 1. The van der Waals surface area contributed by atoms with Gasteiger partial charge in [0.25, 0.3) is 7.82 Å². The highest BCUT2D eigenvalue weighted by atomic mass is 31.2. The van der Waals surface area contributed by atoms with Gasteiger partial charge < -0.3 is 27.9 Å². The number of quaternary nitrogens is 1. The van der Waals surface area contributed by atoms with Crippen LogP contribution in [0.2, 0.25) is 0 Å². The van der Waals surface area contributed by atoms with E-state index >= 15 is 0 Å². The number of rotatable bonds is 50. The van der Waals surface area contributed by atoms with Crippen molar-refractivity contribution in [2.75, 3.05) is 54.1 Å². The van der Waals surface area contributed by atoms with Gasteiger partial charge in [0.1, 0.15) is 19.3 Å². The molecule has 0 saturated carbocycles. The average molecular weight is 898 g/mol. The Hall–Kier alpha value is -1.02. The highest BCUT2D eigenvalue weighted by molar-refractivity contribution is 7.45. The van der Waals surface area contributed by atoms with Gasteiger partial charge in [-0.2, -0.15) is 0 Å². The van der Waals surface area contributed by atoms with Crippen LogP contribution in [0.4, 0.5) is 0 Å². The Morgan fingerprint density at radius 1 is 0.500 bits per heavy atom. The number of hydrogen-bond donors (Lipinski definition) is 0. The molecule has 0 aliphatic heterocycles. The third-order valence-corrected chi connectivity index (χ3v) is 12.7. The van der Waals surface area contributed by atoms with Crippen LogP contribution in [-0.4, -0.2) is 70.7 Å². The van der Waals surface area contributed by atoms with Crippen molar-refractivity contribution in [2.45, 2.75) is 258 Å². The van der Waals surface area contributed by atoms with Gasteiger partial charge in [0.05, 0.1) is 34.4 Å². The molecule has 0 radical (unpaired) electrons. The van der Waals surface area contributed by atoms with Crippen LogP contribution >= 0.6 is 7.82 Å². The highest BCUT2D eigenvalue weighted by Gasteiger charge is 2.20. The van der Waals surface area contributed by atoms with E-state index in [2.05, 4.69) is 38.2 Å². The summed E-state index contributed by atoms with van der Waals surface area (Å²) in [6.45, 7) is 5.45. The Morgan fingerprint density at radius 2 is 0.887 bits per heavy atom. The average Bonchev–Trinajstić information content (AvgIpc) is 3.23. The molecule has 0 aliphatic rings. The number of phosphoric acid groups is 1. The van der Waals surface area contributed by atoms with Gasteiger partial charge in [0.15, 0.2) is 0 Å². The maximum atomic E-state index is 12.8. The Kier molecular flexibility index (Phi) is 45.7. The number of hydrogen-bond acceptors (Lipinski definition) is 7. The van der Waals surface area contributed by atoms with Gasteiger partial charge in [-0.25, -0.2) is 0 Å². The number of esters is 1. The van der Waals surface area contributed by atoms with E-state index in [4.69, 9.17) is 18.5 Å². The summed E-state index contributed by atoms with van der Waals surface area (Å²) in [6, 6.07) is 0. The van der Waals surface area contributed by atoms with E-state index < -0.39 is 13.9 Å². The van der Waals surface area contributed by atoms with Crippen molar-refractivity contribution in [2.24, 2.45) is 0 Å². The number of phosphoric ester groups is 1. The molecule has 0 aromatic carbocycles. The fraction of sp³-hybridized carbons (Fsp3) is 0.906. The summed E-state index contributed by atoms with van der Waals surface area (Å²) in [5.74, 6) is -0.329. The molecule has 0 aliphatic carbocycles. The molecule has 62 heavy (non-hydrogen) atoms. The van der Waals surface area contributed by atoms with Crippen LogP contribution in [0.5, 0.6) is 0 Å². The Balaban J connectivity index is 4.10. The van der Waals surface area contributed by atoms with Crippen LogP contribution in [0, 0.1) is 0 Å². The minimum Gasteiger partial charge on any atom is -0.756 e. The van der Waals surface area contributed by atoms with Crippen molar-refractivity contribution in [3.05, 3.63) is 24.3 Å². The highest BCUT2D eigenvalue weighted by Crippen LogP contribution is 2.38. The van der Waals surface area contributed by atoms with E-state index in [0.29, 0.717) is 24.1 Å². The molecule has 0 rings (SSSR count). The van der Waals surface area contributed by atoms with Crippen LogP contribution < -0.4 is 4.89 Å². The molecule has 2 unspecified atom stereocenters. The summed E-state index contributed by atoms with van der Waals surface area (Å²) in [7, 11) is 1.37. The van der Waals surface area contributed by atoms with Crippen molar-refractivity contribution >= 4 is 13.8 Å². The normalized spacial score (nSPS) is 13.7. The lowest BCUT2D eigenvalue weighted by Gasteiger charge is -2.28. The van der Waals surface area contributed by atoms with E-state index in [1.807, 2.05) is 21.1 Å². The molecule has 0 fully saturated rings. The summed E-state index contributed by atoms with van der Waals surface area (Å²) in [5, 5.41) is 0. The maximum absolute atomic E-state index is 12.8. The second kappa shape index (κ2) is 46.5. The molecule has 0 amide bonds. The lowest BCUT2D eigenvalue weighted by Crippen LogP contribution is -2.37. The number of allylic oxidation sites excluding steroid dienone is 4. The molecule has 0 aromatic rings. The van der Waals surface area contributed by atoms with Crippen molar-refractivity contribution in [3.63, 3.8) is 0 Å². The molecule has 0 aromatic heterocycles. The first-order valence-corrected chi connectivity index (χ1v) is 28.0. The minimum absolute atomic E-state index is 0.0280. The van der Waals surface area contributed by atoms with Crippen LogP contribution in [0.3, 0.4) is 0 Å². The summed E-state index contributed by atoms with van der Waals surface area (Å²) in [6.07, 6.45) is 54.8. The standard InChI is InChI=1S/C53H104NO7P/c1-6-8-10-12-14-16-18-20-22-24-26-27-28-29-31-33-35-37-39-41-43-45-48-58-50-52(51-60-62(56,57)59-49-47-54(3,4)5)61-53(55)46-44-42-40-38-36-34-32-30-25-23-21-19-17-15-13-11-9-7-2/h18,20,24,26,52H,6-17,19,21-23,25,27-51H2,1-5H3/b20-18-,26-24-. The van der Waals surface area contributed by atoms with Gasteiger partial charge in [-0.1, -0.05) is 224 Å². The molecule has 8 nitrogen and oxygen atoms in total. The Labute approximate surface area is 385 Å². The van der Waals surface area contributed by atoms with Crippen molar-refractivity contribution in [3.8, 4) is 0 Å². The zero-order valence-electron chi connectivity index (χ0n) is 41.8. The molecule has 2 atom stereocenters. The predicted molar refractivity (Wildman–Crippen MR) is 264 cm³/mol. The first kappa shape index (κ1) is 61.0. The van der Waals surface area contributed by atoms with Crippen molar-refractivity contribution in [1.82, 2.24) is 0 Å². The zero-order chi connectivity index (χ0) is 45.5. The van der Waals surface area contributed by atoms with Crippen LogP contribution in [0.25, 0.3) is 0 Å². The quantitative estimate of drug-likeness (QED) is 0.0197. The lowest BCUT2D eigenvalue weighted by atomic mass is 10.0. The number of likely N-dealkylation sites (N-methyl/N-ethyl adjacent to an activating group) is 1. The Morgan fingerprint density at radius 3 is 1.31 bits per heavy atom. The minimum atomic E-state index is -4.53. The van der Waals surface area contributed by atoms with Gasteiger partial charge in [0.2, 0.25) is 0 Å². The number of unbranched alkanes of at least 4 members (excludes halogenated alkanes) is 32. The smallest absolute Gasteiger partial charge is 0.306 e. The second-order valence-electron chi connectivity index (χ2n) is 19.2. The summed E-state index contributed by atoms with van der Waals surface area (Å²) in [5.41, 5.74) is 0. The first-order valence-electron chi connectivity index (χ1n) is 26.6. The summed E-state index contributed by atoms with van der Waals surface area (Å²) >= 11 is 0. The van der Waals surface area contributed by atoms with E-state index in [1.165, 1.54) is 193 Å². The molecule has 0 heterocycles. The largest absolute Gasteiger partial charge is 0.756 e. The monoisotopic (exact) mass is 898 g/mol. The summed E-state index contributed by atoms with van der Waals surface area (Å²) < 4.78 is 34.8. The van der Waals surface area contributed by atoms with Gasteiger partial charge in [0, 0.05) is 13.0 Å². The van der Waals surface area contributed by atoms with Crippen LogP contribution in [0.15, 0.2) is 24.3 Å². The van der Waals surface area contributed by atoms with E-state index in [9.17, 15) is 14.3 Å². The summed E-state index contributed by atoms with van der Waals surface area (Å²) in [4.78, 5) is 25.2. The van der Waals surface area contributed by atoms with Gasteiger partial charge >= 0.3 is 5.97 Å². The fourth-order valence-electron chi connectivity index (χ4n) is 7.64. The SMILES string of the molecule is CCCCCCC/C=C\C/C=C\CCCCCCCCCCCCOCC(COP(=O)([O-])OCC[N+](C)(C)C)OC(=O)CCCCCCCCCCCCCCCCCCCC. The zero-order valence-corrected chi connectivity index (χ0v) is 42.7.